The zero-order valence-corrected chi connectivity index (χ0v) is 18.9. The van der Waals surface area contributed by atoms with E-state index in [9.17, 15) is 8.42 Å². The van der Waals surface area contributed by atoms with Crippen LogP contribution in [0.5, 0.6) is 0 Å². The first-order chi connectivity index (χ1) is 15.0. The van der Waals surface area contributed by atoms with Crippen molar-refractivity contribution in [3.8, 4) is 0 Å². The van der Waals surface area contributed by atoms with Gasteiger partial charge in [-0.15, -0.1) is 0 Å². The second kappa shape index (κ2) is 9.16. The maximum atomic E-state index is 13.1. The first-order valence-corrected chi connectivity index (χ1v) is 12.1. The highest BCUT2D eigenvalue weighted by Gasteiger charge is 2.25. The molecule has 0 aliphatic carbocycles. The summed E-state index contributed by atoms with van der Waals surface area (Å²) >= 11 is 6.11. The van der Waals surface area contributed by atoms with Gasteiger partial charge in [-0.25, -0.2) is 13.4 Å². The first kappa shape index (κ1) is 21.5. The largest absolute Gasteiger partial charge is 0.368 e. The number of sulfonamides is 1. The fraction of sp³-hybridized carbons (Fsp3) is 0.261. The van der Waals surface area contributed by atoms with E-state index >= 15 is 0 Å². The minimum atomic E-state index is -3.67. The lowest BCUT2D eigenvalue weighted by atomic mass is 10.2. The molecule has 3 aromatic rings. The van der Waals surface area contributed by atoms with E-state index < -0.39 is 10.0 Å². The van der Waals surface area contributed by atoms with Crippen molar-refractivity contribution in [1.82, 2.24) is 4.98 Å². The van der Waals surface area contributed by atoms with Crippen LogP contribution in [-0.2, 0) is 10.0 Å². The van der Waals surface area contributed by atoms with Crippen molar-refractivity contribution in [2.75, 3.05) is 46.8 Å². The van der Waals surface area contributed by atoms with Crippen LogP contribution in [0.3, 0.4) is 0 Å². The van der Waals surface area contributed by atoms with E-state index in [4.69, 9.17) is 11.6 Å². The SMILES string of the molecule is CCN(c1ccccc1)S(=O)(=O)c1ccc(N2CCN(c3cccc(Cl)c3)CC2)nc1. The van der Waals surface area contributed by atoms with E-state index in [1.165, 1.54) is 10.5 Å². The predicted molar refractivity (Wildman–Crippen MR) is 127 cm³/mol. The summed E-state index contributed by atoms with van der Waals surface area (Å²) in [7, 11) is -3.67. The lowest BCUT2D eigenvalue weighted by Crippen LogP contribution is -2.46. The molecule has 4 rings (SSSR count). The van der Waals surface area contributed by atoms with Crippen molar-refractivity contribution in [1.29, 1.82) is 0 Å². The van der Waals surface area contributed by atoms with Gasteiger partial charge in [0.05, 0.1) is 5.69 Å². The fourth-order valence-corrected chi connectivity index (χ4v) is 5.40. The van der Waals surface area contributed by atoms with Gasteiger partial charge in [0.25, 0.3) is 10.0 Å². The molecule has 0 unspecified atom stereocenters. The van der Waals surface area contributed by atoms with Gasteiger partial charge >= 0.3 is 0 Å². The smallest absolute Gasteiger partial charge is 0.265 e. The highest BCUT2D eigenvalue weighted by molar-refractivity contribution is 7.92. The molecule has 0 saturated carbocycles. The van der Waals surface area contributed by atoms with Crippen molar-refractivity contribution in [2.24, 2.45) is 0 Å². The van der Waals surface area contributed by atoms with E-state index in [2.05, 4.69) is 20.9 Å². The third kappa shape index (κ3) is 4.62. The van der Waals surface area contributed by atoms with Crippen LogP contribution in [-0.4, -0.2) is 46.1 Å². The number of anilines is 3. The minimum absolute atomic E-state index is 0.194. The molecule has 31 heavy (non-hydrogen) atoms. The van der Waals surface area contributed by atoms with Gasteiger partial charge in [-0.3, -0.25) is 4.31 Å². The first-order valence-electron chi connectivity index (χ1n) is 10.3. The Morgan fingerprint density at radius 2 is 1.65 bits per heavy atom. The van der Waals surface area contributed by atoms with Gasteiger partial charge in [-0.2, -0.15) is 0 Å². The number of halogens is 1. The van der Waals surface area contributed by atoms with Crippen LogP contribution in [0.4, 0.5) is 17.2 Å². The van der Waals surface area contributed by atoms with Gasteiger partial charge in [0, 0.05) is 49.6 Å². The van der Waals surface area contributed by atoms with Crippen molar-refractivity contribution >= 4 is 38.8 Å². The summed E-state index contributed by atoms with van der Waals surface area (Å²) in [6.45, 7) is 5.47. The van der Waals surface area contributed by atoms with Crippen LogP contribution in [0.2, 0.25) is 5.02 Å². The van der Waals surface area contributed by atoms with E-state index in [1.54, 1.807) is 24.3 Å². The molecule has 0 atom stereocenters. The zero-order chi connectivity index (χ0) is 21.8. The molecule has 0 radical (unpaired) electrons. The van der Waals surface area contributed by atoms with Crippen molar-refractivity contribution in [2.45, 2.75) is 11.8 Å². The number of piperazine rings is 1. The zero-order valence-electron chi connectivity index (χ0n) is 17.4. The second-order valence-corrected chi connectivity index (χ2v) is 9.61. The third-order valence-corrected chi connectivity index (χ3v) is 7.54. The molecule has 2 heterocycles. The number of para-hydroxylation sites is 1. The Bertz CT molecular complexity index is 1120. The molecule has 1 aliphatic heterocycles. The van der Waals surface area contributed by atoms with Gasteiger partial charge < -0.3 is 9.80 Å². The molecule has 1 fully saturated rings. The monoisotopic (exact) mass is 456 g/mol. The van der Waals surface area contributed by atoms with Crippen LogP contribution >= 0.6 is 11.6 Å². The maximum absolute atomic E-state index is 13.1. The van der Waals surface area contributed by atoms with E-state index in [0.717, 1.165) is 42.7 Å². The lowest BCUT2D eigenvalue weighted by Gasteiger charge is -2.36. The second-order valence-electron chi connectivity index (χ2n) is 7.31. The fourth-order valence-electron chi connectivity index (χ4n) is 3.79. The molecule has 1 saturated heterocycles. The minimum Gasteiger partial charge on any atom is -0.368 e. The summed E-state index contributed by atoms with van der Waals surface area (Å²) in [5.41, 5.74) is 1.76. The van der Waals surface area contributed by atoms with Crippen molar-refractivity contribution < 1.29 is 8.42 Å². The van der Waals surface area contributed by atoms with Crippen LogP contribution in [0.25, 0.3) is 0 Å². The van der Waals surface area contributed by atoms with Crippen LogP contribution < -0.4 is 14.1 Å². The summed E-state index contributed by atoms with van der Waals surface area (Å²) in [5.74, 6) is 0.785. The summed E-state index contributed by atoms with van der Waals surface area (Å²) in [6.07, 6.45) is 1.46. The van der Waals surface area contributed by atoms with Crippen LogP contribution in [0, 0.1) is 0 Å². The van der Waals surface area contributed by atoms with Gasteiger partial charge in [0.2, 0.25) is 0 Å². The number of benzene rings is 2. The number of hydrogen-bond acceptors (Lipinski definition) is 5. The molecule has 8 heteroatoms. The van der Waals surface area contributed by atoms with Gasteiger partial charge in [-0.05, 0) is 49.4 Å². The topological polar surface area (TPSA) is 56.8 Å². The highest BCUT2D eigenvalue weighted by atomic mass is 35.5. The normalized spacial score (nSPS) is 14.5. The molecule has 2 aromatic carbocycles. The number of pyridine rings is 1. The Labute approximate surface area is 188 Å². The Kier molecular flexibility index (Phi) is 6.34. The average Bonchev–Trinajstić information content (AvgIpc) is 2.80. The quantitative estimate of drug-likeness (QED) is 0.554. The molecular weight excluding hydrogens is 432 g/mol. The highest BCUT2D eigenvalue weighted by Crippen LogP contribution is 2.25. The van der Waals surface area contributed by atoms with E-state index in [0.29, 0.717) is 12.2 Å². The number of hydrogen-bond donors (Lipinski definition) is 0. The standard InChI is InChI=1S/C23H25ClN4O2S/c1-2-28(20-8-4-3-5-9-20)31(29,30)22-11-12-23(25-18-22)27-15-13-26(14-16-27)21-10-6-7-19(24)17-21/h3-12,17-18H,2,13-16H2,1H3. The Morgan fingerprint density at radius 3 is 2.26 bits per heavy atom. The van der Waals surface area contributed by atoms with Gasteiger partial charge in [-0.1, -0.05) is 35.9 Å². The number of nitrogens with zero attached hydrogens (tertiary/aromatic N) is 4. The molecule has 0 N–H and O–H groups in total. The van der Waals surface area contributed by atoms with Crippen LogP contribution in [0.15, 0.2) is 77.8 Å². The lowest BCUT2D eigenvalue weighted by molar-refractivity contribution is 0.591. The van der Waals surface area contributed by atoms with E-state index in [1.807, 2.05) is 43.3 Å². The van der Waals surface area contributed by atoms with Gasteiger partial charge in [0.15, 0.2) is 0 Å². The van der Waals surface area contributed by atoms with Crippen LogP contribution in [0.1, 0.15) is 6.92 Å². The molecule has 6 nitrogen and oxygen atoms in total. The third-order valence-electron chi connectivity index (χ3n) is 5.42. The molecule has 162 valence electrons. The van der Waals surface area contributed by atoms with Crippen molar-refractivity contribution in [3.63, 3.8) is 0 Å². The maximum Gasteiger partial charge on any atom is 0.265 e. The molecular formula is C23H25ClN4O2S. The molecule has 1 aliphatic rings. The molecule has 0 bridgehead atoms. The summed E-state index contributed by atoms with van der Waals surface area (Å²) in [6, 6.07) is 20.4. The van der Waals surface area contributed by atoms with Gasteiger partial charge in [0.1, 0.15) is 10.7 Å². The van der Waals surface area contributed by atoms with Crippen molar-refractivity contribution in [3.05, 3.63) is 77.9 Å². The molecule has 0 amide bonds. The average molecular weight is 457 g/mol. The summed E-state index contributed by atoms with van der Waals surface area (Å²) in [4.78, 5) is 9.13. The predicted octanol–water partition coefficient (Wildman–Crippen LogP) is 4.28. The Hall–Kier alpha value is -2.77. The Balaban J connectivity index is 1.46. The number of rotatable bonds is 6. The summed E-state index contributed by atoms with van der Waals surface area (Å²) < 4.78 is 27.7. The molecule has 1 aromatic heterocycles. The number of aromatic nitrogens is 1. The van der Waals surface area contributed by atoms with E-state index in [-0.39, 0.29) is 4.90 Å². The summed E-state index contributed by atoms with van der Waals surface area (Å²) in [5, 5.41) is 0.732. The molecule has 0 spiro atoms. The Morgan fingerprint density at radius 1 is 0.935 bits per heavy atom.